The van der Waals surface area contributed by atoms with Gasteiger partial charge in [0.25, 0.3) is 0 Å². The Balaban J connectivity index is 1.88. The van der Waals surface area contributed by atoms with Crippen LogP contribution in [0.2, 0.25) is 5.02 Å². The number of benzene rings is 1. The fourth-order valence-corrected chi connectivity index (χ4v) is 2.65. The molecule has 0 aromatic heterocycles. The topological polar surface area (TPSA) is 62.9 Å². The molecule has 2 aliphatic heterocycles. The van der Waals surface area contributed by atoms with Crippen LogP contribution < -0.4 is 15.2 Å². The second-order valence-corrected chi connectivity index (χ2v) is 6.78. The highest BCUT2D eigenvalue weighted by molar-refractivity contribution is 6.48. The molecule has 0 amide bonds. The van der Waals surface area contributed by atoms with Gasteiger partial charge in [-0.05, 0) is 39.3 Å². The summed E-state index contributed by atoms with van der Waals surface area (Å²) >= 11 is 6.30. The summed E-state index contributed by atoms with van der Waals surface area (Å²) < 4.78 is 22.6. The number of hydrogen-bond donors (Lipinski definition) is 1. The smallest absolute Gasteiger partial charge is 0.454 e. The fraction of sp³-hybridized carbons (Fsp3) is 0.571. The first-order valence-electron chi connectivity index (χ1n) is 6.91. The van der Waals surface area contributed by atoms with E-state index in [1.54, 1.807) is 12.1 Å². The van der Waals surface area contributed by atoms with Crippen molar-refractivity contribution < 1.29 is 18.8 Å². The number of hydrogen-bond acceptors (Lipinski definition) is 5. The lowest BCUT2D eigenvalue weighted by Crippen LogP contribution is -2.41. The summed E-state index contributed by atoms with van der Waals surface area (Å²) in [6.07, 6.45) is 0. The van der Waals surface area contributed by atoms with Crippen molar-refractivity contribution in [2.75, 3.05) is 6.79 Å². The van der Waals surface area contributed by atoms with Crippen molar-refractivity contribution in [2.24, 2.45) is 5.73 Å². The van der Waals surface area contributed by atoms with E-state index in [1.165, 1.54) is 0 Å². The number of nitrogens with two attached hydrogens (primary N) is 1. The molecule has 0 aliphatic carbocycles. The Bertz CT molecular complexity index is 562. The van der Waals surface area contributed by atoms with E-state index in [-0.39, 0.29) is 6.79 Å². The predicted molar refractivity (Wildman–Crippen MR) is 80.6 cm³/mol. The summed E-state index contributed by atoms with van der Waals surface area (Å²) in [5.41, 5.74) is 6.16. The minimum Gasteiger partial charge on any atom is -0.454 e. The number of rotatable bonds is 2. The van der Waals surface area contributed by atoms with Crippen LogP contribution in [-0.2, 0) is 9.31 Å². The molecular formula is C14H19BClNO4. The second kappa shape index (κ2) is 4.78. The van der Waals surface area contributed by atoms with Gasteiger partial charge in [0.15, 0.2) is 11.5 Å². The molecule has 1 atom stereocenters. The van der Waals surface area contributed by atoms with Gasteiger partial charge in [0.05, 0.1) is 17.1 Å². The van der Waals surface area contributed by atoms with Gasteiger partial charge in [-0.2, -0.15) is 0 Å². The van der Waals surface area contributed by atoms with Crippen molar-refractivity contribution in [2.45, 2.75) is 44.8 Å². The van der Waals surface area contributed by atoms with Crippen LogP contribution in [0, 0.1) is 0 Å². The van der Waals surface area contributed by atoms with E-state index in [0.29, 0.717) is 16.5 Å². The lowest BCUT2D eigenvalue weighted by Gasteiger charge is -2.32. The summed E-state index contributed by atoms with van der Waals surface area (Å²) in [5, 5.41) is 0.515. The molecule has 1 aromatic rings. The molecule has 2 heterocycles. The average Bonchev–Trinajstić information content (AvgIpc) is 2.89. The molecule has 7 heteroatoms. The highest BCUT2D eigenvalue weighted by Gasteiger charge is 2.53. The Morgan fingerprint density at radius 2 is 1.62 bits per heavy atom. The van der Waals surface area contributed by atoms with Crippen LogP contribution >= 0.6 is 11.6 Å². The maximum atomic E-state index is 6.31. The van der Waals surface area contributed by atoms with Gasteiger partial charge in [-0.25, -0.2) is 0 Å². The van der Waals surface area contributed by atoms with E-state index in [2.05, 4.69) is 0 Å². The first-order chi connectivity index (χ1) is 9.71. The molecule has 1 aromatic carbocycles. The predicted octanol–water partition coefficient (Wildman–Crippen LogP) is 2.70. The SMILES string of the molecule is CC1(C)OB([C@@H](N)c2cc3c(cc2Cl)OCO3)OC1(C)C. The van der Waals surface area contributed by atoms with Gasteiger partial charge in [-0.15, -0.1) is 0 Å². The Morgan fingerprint density at radius 1 is 1.10 bits per heavy atom. The summed E-state index contributed by atoms with van der Waals surface area (Å²) in [4.78, 5) is 0. The number of halogens is 1. The third-order valence-corrected chi connectivity index (χ3v) is 4.74. The van der Waals surface area contributed by atoms with Crippen LogP contribution in [0.15, 0.2) is 12.1 Å². The largest absolute Gasteiger partial charge is 0.480 e. The summed E-state index contributed by atoms with van der Waals surface area (Å²) in [5.74, 6) is 0.763. The average molecular weight is 312 g/mol. The zero-order valence-electron chi connectivity index (χ0n) is 12.6. The molecular weight excluding hydrogens is 292 g/mol. The highest BCUT2D eigenvalue weighted by atomic mass is 35.5. The quantitative estimate of drug-likeness (QED) is 0.851. The molecule has 0 unspecified atom stereocenters. The van der Waals surface area contributed by atoms with Gasteiger partial charge in [-0.3, -0.25) is 0 Å². The number of ether oxygens (including phenoxy) is 2. The second-order valence-electron chi connectivity index (χ2n) is 6.38. The monoisotopic (exact) mass is 311 g/mol. The van der Waals surface area contributed by atoms with Crippen molar-refractivity contribution >= 4 is 18.7 Å². The van der Waals surface area contributed by atoms with Crippen molar-refractivity contribution in [3.63, 3.8) is 0 Å². The molecule has 0 bridgehead atoms. The van der Waals surface area contributed by atoms with E-state index in [1.807, 2.05) is 27.7 Å². The zero-order valence-corrected chi connectivity index (χ0v) is 13.4. The van der Waals surface area contributed by atoms with Crippen LogP contribution in [0.3, 0.4) is 0 Å². The maximum absolute atomic E-state index is 6.31. The van der Waals surface area contributed by atoms with Crippen LogP contribution in [0.25, 0.3) is 0 Å². The molecule has 1 fully saturated rings. The summed E-state index contributed by atoms with van der Waals surface area (Å²) in [6.45, 7) is 8.14. The van der Waals surface area contributed by atoms with Gasteiger partial charge >= 0.3 is 7.12 Å². The lowest BCUT2D eigenvalue weighted by atomic mass is 9.75. The Hall–Kier alpha value is -0.945. The van der Waals surface area contributed by atoms with Gasteiger partial charge in [0.1, 0.15) is 0 Å². The van der Waals surface area contributed by atoms with Crippen molar-refractivity contribution in [3.05, 3.63) is 22.7 Å². The first-order valence-corrected chi connectivity index (χ1v) is 7.29. The third-order valence-electron chi connectivity index (χ3n) is 4.42. The molecule has 0 saturated carbocycles. The fourth-order valence-electron chi connectivity index (χ4n) is 2.37. The molecule has 5 nitrogen and oxygen atoms in total. The van der Waals surface area contributed by atoms with Gasteiger partial charge < -0.3 is 24.5 Å². The molecule has 1 saturated heterocycles. The van der Waals surface area contributed by atoms with E-state index >= 15 is 0 Å². The molecule has 0 radical (unpaired) electrons. The van der Waals surface area contributed by atoms with Crippen LogP contribution in [0.5, 0.6) is 11.5 Å². The zero-order chi connectivity index (χ0) is 15.4. The van der Waals surface area contributed by atoms with Gasteiger partial charge in [-0.1, -0.05) is 11.6 Å². The first kappa shape index (κ1) is 15.0. The molecule has 3 rings (SSSR count). The van der Waals surface area contributed by atoms with Crippen molar-refractivity contribution in [1.82, 2.24) is 0 Å². The standard InChI is InChI=1S/C14H19BClNO4/c1-13(2)14(3,4)21-15(20-13)12(17)8-5-10-11(6-9(8)16)19-7-18-10/h5-6,12H,7,17H2,1-4H3/t12-/m0/s1. The van der Waals surface area contributed by atoms with Crippen molar-refractivity contribution in [3.8, 4) is 11.5 Å². The summed E-state index contributed by atoms with van der Waals surface area (Å²) in [6, 6.07) is 3.50. The van der Waals surface area contributed by atoms with Crippen LogP contribution in [0.4, 0.5) is 0 Å². The molecule has 21 heavy (non-hydrogen) atoms. The highest BCUT2D eigenvalue weighted by Crippen LogP contribution is 2.43. The summed E-state index contributed by atoms with van der Waals surface area (Å²) in [7, 11) is -0.562. The molecule has 114 valence electrons. The van der Waals surface area contributed by atoms with E-state index in [9.17, 15) is 0 Å². The molecule has 2 N–H and O–H groups in total. The van der Waals surface area contributed by atoms with E-state index in [0.717, 1.165) is 5.56 Å². The molecule has 0 spiro atoms. The minimum atomic E-state index is -0.562. The maximum Gasteiger partial charge on any atom is 0.480 e. The lowest BCUT2D eigenvalue weighted by molar-refractivity contribution is 0.00578. The van der Waals surface area contributed by atoms with E-state index < -0.39 is 24.3 Å². The van der Waals surface area contributed by atoms with Crippen LogP contribution in [0.1, 0.15) is 39.2 Å². The van der Waals surface area contributed by atoms with Gasteiger partial charge in [0, 0.05) is 11.1 Å². The van der Waals surface area contributed by atoms with Crippen molar-refractivity contribution in [1.29, 1.82) is 0 Å². The van der Waals surface area contributed by atoms with Gasteiger partial charge in [0.2, 0.25) is 6.79 Å². The van der Waals surface area contributed by atoms with Crippen LogP contribution in [-0.4, -0.2) is 25.1 Å². The minimum absolute atomic E-state index is 0.195. The van der Waals surface area contributed by atoms with E-state index in [4.69, 9.17) is 36.1 Å². The third kappa shape index (κ3) is 2.40. The number of fused-ring (bicyclic) bond motifs is 1. The Morgan fingerprint density at radius 3 is 2.19 bits per heavy atom. The Labute approximate surface area is 129 Å². The Kier molecular flexibility index (Phi) is 3.41. The molecule has 2 aliphatic rings. The normalized spacial score (nSPS) is 23.4.